The van der Waals surface area contributed by atoms with E-state index in [1.165, 1.54) is 22.3 Å². The molecule has 0 saturated heterocycles. The van der Waals surface area contributed by atoms with E-state index in [4.69, 9.17) is 0 Å². The normalized spacial score (nSPS) is 10.0. The molecule has 1 N–H and O–H groups in total. The molecule has 0 unspecified atom stereocenters. The summed E-state index contributed by atoms with van der Waals surface area (Å²) in [5, 5.41) is 3.44. The average molecular weight is 310 g/mol. The number of halogens is 1. The molecule has 0 spiro atoms. The van der Waals surface area contributed by atoms with Crippen molar-refractivity contribution in [2.45, 2.75) is 13.1 Å². The van der Waals surface area contributed by atoms with Gasteiger partial charge in [0.05, 0.1) is 0 Å². The second-order valence-electron chi connectivity index (χ2n) is 5.03. The van der Waals surface area contributed by atoms with Crippen molar-refractivity contribution in [2.24, 2.45) is 0 Å². The molecule has 1 heterocycles. The second-order valence-corrected chi connectivity index (χ2v) is 5.03. The smallest absolute Gasteiger partial charge is 0.0312 e. The molecule has 0 fully saturated rings. The zero-order chi connectivity index (χ0) is 14.3. The minimum atomic E-state index is 0. The Labute approximate surface area is 137 Å². The summed E-state index contributed by atoms with van der Waals surface area (Å²) in [6, 6.07) is 23.2. The molecule has 0 aliphatic carbocycles. The Morgan fingerprint density at radius 2 is 1.36 bits per heavy atom. The van der Waals surface area contributed by atoms with Crippen LogP contribution in [0.4, 0.5) is 0 Å². The minimum Gasteiger partial charge on any atom is -1.00 e. The zero-order valence-corrected chi connectivity index (χ0v) is 13.0. The quantitative estimate of drug-likeness (QED) is 0.762. The van der Waals surface area contributed by atoms with Crippen LogP contribution in [0.15, 0.2) is 79.1 Å². The van der Waals surface area contributed by atoms with E-state index in [-0.39, 0.29) is 12.4 Å². The fraction of sp³-hybridized carbons (Fsp3) is 0.105. The van der Waals surface area contributed by atoms with Crippen LogP contribution in [0, 0.1) is 0 Å². The van der Waals surface area contributed by atoms with Crippen LogP contribution in [0.25, 0.3) is 11.1 Å². The third-order valence-electron chi connectivity index (χ3n) is 3.44. The van der Waals surface area contributed by atoms with Crippen LogP contribution in [0.2, 0.25) is 0 Å². The van der Waals surface area contributed by atoms with Crippen molar-refractivity contribution in [3.63, 3.8) is 0 Å². The lowest BCUT2D eigenvalue weighted by molar-refractivity contribution is -0.00000423. The Kier molecular flexibility index (Phi) is 6.13. The molecule has 2 nitrogen and oxygen atoms in total. The molecule has 0 aliphatic heterocycles. The number of nitrogens with zero attached hydrogens (tertiary/aromatic N) is 1. The first-order valence-corrected chi connectivity index (χ1v) is 7.16. The van der Waals surface area contributed by atoms with E-state index in [1.807, 2.05) is 18.3 Å². The van der Waals surface area contributed by atoms with E-state index in [2.05, 4.69) is 64.9 Å². The van der Waals surface area contributed by atoms with Crippen LogP contribution in [0.3, 0.4) is 0 Å². The van der Waals surface area contributed by atoms with Crippen LogP contribution in [0.5, 0.6) is 0 Å². The van der Waals surface area contributed by atoms with Gasteiger partial charge in [-0.2, -0.15) is 0 Å². The van der Waals surface area contributed by atoms with Crippen molar-refractivity contribution < 1.29 is 12.4 Å². The van der Waals surface area contributed by atoms with Gasteiger partial charge in [-0.15, -0.1) is 0 Å². The highest BCUT2D eigenvalue weighted by molar-refractivity contribution is 5.63. The van der Waals surface area contributed by atoms with Gasteiger partial charge in [0.25, 0.3) is 0 Å². The van der Waals surface area contributed by atoms with Gasteiger partial charge < -0.3 is 17.7 Å². The Hall–Kier alpha value is -2.16. The summed E-state index contributed by atoms with van der Waals surface area (Å²) in [5.41, 5.74) is 5.01. The summed E-state index contributed by atoms with van der Waals surface area (Å²) in [4.78, 5) is 4.12. The highest BCUT2D eigenvalue weighted by Gasteiger charge is 1.98. The number of pyridine rings is 1. The van der Waals surface area contributed by atoms with E-state index >= 15 is 0 Å². The van der Waals surface area contributed by atoms with Crippen LogP contribution in [-0.4, -0.2) is 4.98 Å². The lowest BCUT2D eigenvalue weighted by atomic mass is 10.0. The van der Waals surface area contributed by atoms with Crippen molar-refractivity contribution >= 4 is 0 Å². The first-order chi connectivity index (χ1) is 10.4. The third-order valence-corrected chi connectivity index (χ3v) is 3.44. The zero-order valence-electron chi connectivity index (χ0n) is 12.2. The molecule has 0 bridgehead atoms. The largest absolute Gasteiger partial charge is 1.00 e. The third kappa shape index (κ3) is 4.42. The summed E-state index contributed by atoms with van der Waals surface area (Å²) < 4.78 is 0. The van der Waals surface area contributed by atoms with Gasteiger partial charge in [-0.05, 0) is 28.3 Å². The fourth-order valence-corrected chi connectivity index (χ4v) is 2.30. The van der Waals surface area contributed by atoms with Gasteiger partial charge in [0.1, 0.15) is 0 Å². The van der Waals surface area contributed by atoms with Crippen LogP contribution in [0.1, 0.15) is 11.1 Å². The molecule has 22 heavy (non-hydrogen) atoms. The molecule has 2 aromatic carbocycles. The summed E-state index contributed by atoms with van der Waals surface area (Å²) in [7, 11) is 0. The van der Waals surface area contributed by atoms with Gasteiger partial charge in [-0.1, -0.05) is 60.7 Å². The number of benzene rings is 2. The van der Waals surface area contributed by atoms with E-state index in [9.17, 15) is 0 Å². The summed E-state index contributed by atoms with van der Waals surface area (Å²) in [6.07, 6.45) is 3.69. The fourth-order valence-electron chi connectivity index (χ4n) is 2.30. The van der Waals surface area contributed by atoms with Crippen molar-refractivity contribution in [1.82, 2.24) is 10.3 Å². The molecule has 0 atom stereocenters. The number of aromatic nitrogens is 1. The van der Waals surface area contributed by atoms with Gasteiger partial charge in [-0.3, -0.25) is 4.98 Å². The second kappa shape index (κ2) is 8.32. The predicted octanol–water partition coefficient (Wildman–Crippen LogP) is 1.04. The molecule has 3 aromatic rings. The van der Waals surface area contributed by atoms with Crippen LogP contribution < -0.4 is 17.7 Å². The highest BCUT2D eigenvalue weighted by atomic mass is 35.5. The molecule has 3 rings (SSSR count). The standard InChI is InChI=1S/C19H18N2.ClH/c1-2-6-18(7-3-1)19-10-8-16(9-11-19)13-21-15-17-5-4-12-20-14-17;/h1-12,14,21H,13,15H2;1H/p-1. The lowest BCUT2D eigenvalue weighted by Gasteiger charge is -2.06. The first kappa shape index (κ1) is 16.2. The van der Waals surface area contributed by atoms with Gasteiger partial charge in [-0.25, -0.2) is 0 Å². The van der Waals surface area contributed by atoms with E-state index in [1.54, 1.807) is 6.20 Å². The van der Waals surface area contributed by atoms with Crippen molar-refractivity contribution in [2.75, 3.05) is 0 Å². The molecule has 0 amide bonds. The monoisotopic (exact) mass is 309 g/mol. The van der Waals surface area contributed by atoms with Crippen molar-refractivity contribution in [1.29, 1.82) is 0 Å². The molecule has 1 aromatic heterocycles. The van der Waals surface area contributed by atoms with E-state index < -0.39 is 0 Å². The van der Waals surface area contributed by atoms with Crippen molar-refractivity contribution in [3.8, 4) is 11.1 Å². The number of nitrogens with one attached hydrogen (secondary N) is 1. The maximum atomic E-state index is 4.12. The molecule has 0 aliphatic rings. The SMILES string of the molecule is [Cl-].c1ccc(-c2ccc(CNCc3cccnc3)cc2)cc1. The van der Waals surface area contributed by atoms with E-state index in [0.717, 1.165) is 13.1 Å². The van der Waals surface area contributed by atoms with Crippen LogP contribution >= 0.6 is 0 Å². The van der Waals surface area contributed by atoms with E-state index in [0.29, 0.717) is 0 Å². The van der Waals surface area contributed by atoms with Gasteiger partial charge in [0.15, 0.2) is 0 Å². The molecule has 0 saturated carbocycles. The Morgan fingerprint density at radius 1 is 0.682 bits per heavy atom. The summed E-state index contributed by atoms with van der Waals surface area (Å²) in [6.45, 7) is 1.71. The molecule has 112 valence electrons. The molecular weight excluding hydrogens is 292 g/mol. The maximum Gasteiger partial charge on any atom is 0.0312 e. The average Bonchev–Trinajstić information content (AvgIpc) is 2.57. The van der Waals surface area contributed by atoms with Crippen molar-refractivity contribution in [3.05, 3.63) is 90.3 Å². The number of hydrogen-bond donors (Lipinski definition) is 1. The Morgan fingerprint density at radius 3 is 2.05 bits per heavy atom. The number of rotatable bonds is 5. The minimum absolute atomic E-state index is 0. The molecular formula is C19H18ClN2-. The maximum absolute atomic E-state index is 4.12. The Bertz CT molecular complexity index is 667. The predicted molar refractivity (Wildman–Crippen MR) is 86.7 cm³/mol. The molecule has 3 heteroatoms. The van der Waals surface area contributed by atoms with Gasteiger partial charge >= 0.3 is 0 Å². The van der Waals surface area contributed by atoms with Crippen LogP contribution in [-0.2, 0) is 13.1 Å². The number of hydrogen-bond acceptors (Lipinski definition) is 2. The summed E-state index contributed by atoms with van der Waals surface area (Å²) >= 11 is 0. The first-order valence-electron chi connectivity index (χ1n) is 7.16. The van der Waals surface area contributed by atoms with Gasteiger partial charge in [0.2, 0.25) is 0 Å². The lowest BCUT2D eigenvalue weighted by Crippen LogP contribution is -3.00. The summed E-state index contributed by atoms with van der Waals surface area (Å²) in [5.74, 6) is 0. The molecule has 0 radical (unpaired) electrons. The van der Waals surface area contributed by atoms with Gasteiger partial charge in [0, 0.05) is 25.5 Å². The topological polar surface area (TPSA) is 24.9 Å². The highest BCUT2D eigenvalue weighted by Crippen LogP contribution is 2.19. The Balaban J connectivity index is 0.00000176.